The van der Waals surface area contributed by atoms with Crippen molar-refractivity contribution in [3.63, 3.8) is 0 Å². The molecular formula is C12H25NO. The van der Waals surface area contributed by atoms with Gasteiger partial charge in [-0.3, -0.25) is 0 Å². The van der Waals surface area contributed by atoms with Gasteiger partial charge in [-0.25, -0.2) is 0 Å². The van der Waals surface area contributed by atoms with Gasteiger partial charge in [0.2, 0.25) is 0 Å². The Morgan fingerprint density at radius 3 is 3.00 bits per heavy atom. The molecule has 0 saturated carbocycles. The van der Waals surface area contributed by atoms with Gasteiger partial charge in [0.25, 0.3) is 0 Å². The number of hydrogen-bond acceptors (Lipinski definition) is 2. The van der Waals surface area contributed by atoms with Crippen molar-refractivity contribution in [1.29, 1.82) is 0 Å². The molecule has 1 aliphatic rings. The molecular weight excluding hydrogens is 174 g/mol. The number of rotatable bonds is 7. The lowest BCUT2D eigenvalue weighted by Crippen LogP contribution is -2.21. The molecule has 0 radical (unpaired) electrons. The lowest BCUT2D eigenvalue weighted by atomic mass is 10.1. The van der Waals surface area contributed by atoms with Crippen molar-refractivity contribution in [2.45, 2.75) is 64.5 Å². The second kappa shape index (κ2) is 7.24. The van der Waals surface area contributed by atoms with Gasteiger partial charge >= 0.3 is 0 Å². The van der Waals surface area contributed by atoms with E-state index in [1.54, 1.807) is 0 Å². The van der Waals surface area contributed by atoms with Gasteiger partial charge < -0.3 is 10.1 Å². The minimum atomic E-state index is 0.455. The van der Waals surface area contributed by atoms with E-state index in [9.17, 15) is 0 Å². The minimum absolute atomic E-state index is 0.455. The van der Waals surface area contributed by atoms with E-state index in [1.165, 1.54) is 45.1 Å². The first-order chi connectivity index (χ1) is 6.83. The van der Waals surface area contributed by atoms with Crippen LogP contribution in [0.15, 0.2) is 0 Å². The monoisotopic (exact) mass is 199 g/mol. The fraction of sp³-hybridized carbons (Fsp3) is 1.00. The number of hydrogen-bond donors (Lipinski definition) is 1. The largest absolute Gasteiger partial charge is 0.379 e. The van der Waals surface area contributed by atoms with Crippen LogP contribution in [0.25, 0.3) is 0 Å². The van der Waals surface area contributed by atoms with Crippen molar-refractivity contribution in [2.24, 2.45) is 0 Å². The molecule has 1 saturated heterocycles. The highest BCUT2D eigenvalue weighted by Gasteiger charge is 2.12. The van der Waals surface area contributed by atoms with Crippen molar-refractivity contribution >= 4 is 0 Å². The summed E-state index contributed by atoms with van der Waals surface area (Å²) in [5.74, 6) is 0. The van der Waals surface area contributed by atoms with Crippen LogP contribution in [-0.2, 0) is 4.74 Å². The van der Waals surface area contributed by atoms with Crippen LogP contribution in [0, 0.1) is 0 Å². The van der Waals surface area contributed by atoms with Gasteiger partial charge in [0.05, 0.1) is 6.10 Å². The average Bonchev–Trinajstić information content (AvgIpc) is 2.65. The molecule has 2 nitrogen and oxygen atoms in total. The minimum Gasteiger partial charge on any atom is -0.379 e. The fourth-order valence-electron chi connectivity index (χ4n) is 2.11. The highest BCUT2D eigenvalue weighted by molar-refractivity contribution is 4.73. The van der Waals surface area contributed by atoms with Gasteiger partial charge in [0.15, 0.2) is 0 Å². The van der Waals surface area contributed by atoms with Crippen molar-refractivity contribution in [3.05, 3.63) is 0 Å². The molecule has 2 unspecified atom stereocenters. The van der Waals surface area contributed by atoms with Crippen LogP contribution in [0.4, 0.5) is 0 Å². The molecule has 2 atom stereocenters. The molecule has 0 spiro atoms. The SMILES string of the molecule is CCCC(C)OCCCC1CCCN1. The number of ether oxygens (including phenoxy) is 1. The summed E-state index contributed by atoms with van der Waals surface area (Å²) in [7, 11) is 0. The Kier molecular flexibility index (Phi) is 6.20. The second-order valence-corrected chi connectivity index (χ2v) is 4.41. The summed E-state index contributed by atoms with van der Waals surface area (Å²) in [4.78, 5) is 0. The Bertz CT molecular complexity index is 132. The van der Waals surface area contributed by atoms with Gasteiger partial charge in [-0.1, -0.05) is 13.3 Å². The summed E-state index contributed by atoms with van der Waals surface area (Å²) in [6.45, 7) is 6.55. The summed E-state index contributed by atoms with van der Waals surface area (Å²) in [6, 6.07) is 0.778. The van der Waals surface area contributed by atoms with E-state index in [-0.39, 0.29) is 0 Å². The first kappa shape index (κ1) is 12.0. The van der Waals surface area contributed by atoms with E-state index in [2.05, 4.69) is 19.2 Å². The zero-order chi connectivity index (χ0) is 10.2. The van der Waals surface area contributed by atoms with Crippen molar-refractivity contribution in [2.75, 3.05) is 13.2 Å². The predicted molar refractivity (Wildman–Crippen MR) is 60.6 cm³/mol. The van der Waals surface area contributed by atoms with Crippen LogP contribution in [0.1, 0.15) is 52.4 Å². The first-order valence-electron chi connectivity index (χ1n) is 6.18. The maximum atomic E-state index is 5.71. The molecule has 0 aromatic carbocycles. The van der Waals surface area contributed by atoms with Gasteiger partial charge in [-0.05, 0) is 45.6 Å². The van der Waals surface area contributed by atoms with E-state index in [0.717, 1.165) is 12.6 Å². The molecule has 1 fully saturated rings. The van der Waals surface area contributed by atoms with E-state index < -0.39 is 0 Å². The summed E-state index contributed by atoms with van der Waals surface area (Å²) in [6.07, 6.45) is 8.11. The normalized spacial score (nSPS) is 24.0. The molecule has 0 bridgehead atoms. The van der Waals surface area contributed by atoms with E-state index in [4.69, 9.17) is 4.74 Å². The van der Waals surface area contributed by atoms with E-state index in [1.807, 2.05) is 0 Å². The average molecular weight is 199 g/mol. The zero-order valence-corrected chi connectivity index (χ0v) is 9.72. The maximum absolute atomic E-state index is 5.71. The Morgan fingerprint density at radius 2 is 2.36 bits per heavy atom. The number of nitrogens with one attached hydrogen (secondary N) is 1. The molecule has 0 aromatic rings. The summed E-state index contributed by atoms with van der Waals surface area (Å²) >= 11 is 0. The lowest BCUT2D eigenvalue weighted by Gasteiger charge is -2.13. The third-order valence-corrected chi connectivity index (χ3v) is 2.96. The molecule has 1 N–H and O–H groups in total. The van der Waals surface area contributed by atoms with Gasteiger partial charge in [-0.2, -0.15) is 0 Å². The van der Waals surface area contributed by atoms with Gasteiger partial charge in [0.1, 0.15) is 0 Å². The van der Waals surface area contributed by atoms with Crippen LogP contribution < -0.4 is 5.32 Å². The molecule has 14 heavy (non-hydrogen) atoms. The van der Waals surface area contributed by atoms with Crippen LogP contribution in [-0.4, -0.2) is 25.3 Å². The highest BCUT2D eigenvalue weighted by Crippen LogP contribution is 2.11. The van der Waals surface area contributed by atoms with Crippen molar-refractivity contribution in [3.8, 4) is 0 Å². The van der Waals surface area contributed by atoms with Crippen LogP contribution in [0.3, 0.4) is 0 Å². The zero-order valence-electron chi connectivity index (χ0n) is 9.72. The molecule has 1 rings (SSSR count). The summed E-state index contributed by atoms with van der Waals surface area (Å²) in [5, 5.41) is 3.51. The molecule has 2 heteroatoms. The van der Waals surface area contributed by atoms with E-state index >= 15 is 0 Å². The lowest BCUT2D eigenvalue weighted by molar-refractivity contribution is 0.0563. The molecule has 1 heterocycles. The summed E-state index contributed by atoms with van der Waals surface area (Å²) in [5.41, 5.74) is 0. The quantitative estimate of drug-likeness (QED) is 0.637. The van der Waals surface area contributed by atoms with Crippen LogP contribution in [0.5, 0.6) is 0 Å². The Hall–Kier alpha value is -0.0800. The molecule has 0 aliphatic carbocycles. The standard InChI is InChI=1S/C12H25NO/c1-3-6-11(2)14-10-5-8-12-7-4-9-13-12/h11-13H,3-10H2,1-2H3. The van der Waals surface area contributed by atoms with Gasteiger partial charge in [0, 0.05) is 12.6 Å². The Balaban J connectivity index is 1.88. The maximum Gasteiger partial charge on any atom is 0.0546 e. The van der Waals surface area contributed by atoms with Gasteiger partial charge in [-0.15, -0.1) is 0 Å². The Morgan fingerprint density at radius 1 is 1.50 bits per heavy atom. The van der Waals surface area contributed by atoms with Crippen molar-refractivity contribution < 1.29 is 4.74 Å². The van der Waals surface area contributed by atoms with Crippen molar-refractivity contribution in [1.82, 2.24) is 5.32 Å². The molecule has 84 valence electrons. The Labute approximate surface area is 88.4 Å². The third-order valence-electron chi connectivity index (χ3n) is 2.96. The van der Waals surface area contributed by atoms with E-state index in [0.29, 0.717) is 6.10 Å². The third kappa shape index (κ3) is 4.97. The first-order valence-corrected chi connectivity index (χ1v) is 6.18. The highest BCUT2D eigenvalue weighted by atomic mass is 16.5. The smallest absolute Gasteiger partial charge is 0.0546 e. The fourth-order valence-corrected chi connectivity index (χ4v) is 2.11. The topological polar surface area (TPSA) is 21.3 Å². The molecule has 1 aliphatic heterocycles. The predicted octanol–water partition coefficient (Wildman–Crippen LogP) is 2.72. The molecule has 0 aromatic heterocycles. The molecule has 0 amide bonds. The van der Waals surface area contributed by atoms with Crippen LogP contribution in [0.2, 0.25) is 0 Å². The van der Waals surface area contributed by atoms with Crippen LogP contribution >= 0.6 is 0 Å². The second-order valence-electron chi connectivity index (χ2n) is 4.41. The summed E-state index contributed by atoms with van der Waals surface area (Å²) < 4.78 is 5.71.